The van der Waals surface area contributed by atoms with Crippen LogP contribution in [0.3, 0.4) is 0 Å². The molecule has 0 aliphatic rings. The molecule has 0 saturated carbocycles. The van der Waals surface area contributed by atoms with Crippen LogP contribution in [0.25, 0.3) is 0 Å². The van der Waals surface area contributed by atoms with Gasteiger partial charge in [-0.1, -0.05) is 18.2 Å². The fourth-order valence-corrected chi connectivity index (χ4v) is 3.28. The van der Waals surface area contributed by atoms with Crippen LogP contribution in [0.15, 0.2) is 73.1 Å². The predicted molar refractivity (Wildman–Crippen MR) is 128 cm³/mol. The van der Waals surface area contributed by atoms with Gasteiger partial charge < -0.3 is 19.9 Å². The molecule has 1 N–H and O–H groups in total. The van der Waals surface area contributed by atoms with Crippen molar-refractivity contribution in [3.05, 3.63) is 84.2 Å². The van der Waals surface area contributed by atoms with E-state index in [-0.39, 0.29) is 0 Å². The van der Waals surface area contributed by atoms with Crippen LogP contribution in [0.1, 0.15) is 18.1 Å². The number of ether oxygens (including phenoxy) is 1. The number of hydrogen-bond acceptors (Lipinski definition) is 4. The maximum absolute atomic E-state index is 5.76. The molecule has 0 saturated heterocycles. The number of pyridine rings is 1. The van der Waals surface area contributed by atoms with Crippen LogP contribution < -0.4 is 15.0 Å². The van der Waals surface area contributed by atoms with Gasteiger partial charge in [-0.2, -0.15) is 0 Å². The van der Waals surface area contributed by atoms with Gasteiger partial charge in [-0.15, -0.1) is 0 Å². The average Bonchev–Trinajstić information content (AvgIpc) is 2.76. The van der Waals surface area contributed by atoms with Crippen LogP contribution in [0.5, 0.6) is 5.75 Å². The molecular weight excluding hydrogens is 392 g/mol. The second-order valence-corrected chi connectivity index (χ2v) is 7.55. The normalized spacial score (nSPS) is 10.4. The third-order valence-electron chi connectivity index (χ3n) is 4.63. The van der Waals surface area contributed by atoms with Crippen molar-refractivity contribution in [3.8, 4) is 5.75 Å². The van der Waals surface area contributed by atoms with Crippen LogP contribution in [-0.4, -0.2) is 35.7 Å². The molecule has 3 rings (SSSR count). The van der Waals surface area contributed by atoms with Gasteiger partial charge in [-0.05, 0) is 72.7 Å². The van der Waals surface area contributed by atoms with Gasteiger partial charge in [0.15, 0.2) is 5.11 Å². The van der Waals surface area contributed by atoms with Crippen LogP contribution in [0, 0.1) is 0 Å². The van der Waals surface area contributed by atoms with E-state index in [1.165, 1.54) is 11.3 Å². The predicted octanol–water partition coefficient (Wildman–Crippen LogP) is 4.95. The molecule has 6 heteroatoms. The molecule has 0 atom stereocenters. The summed E-state index contributed by atoms with van der Waals surface area (Å²) >= 11 is 5.76. The highest BCUT2D eigenvalue weighted by atomic mass is 32.1. The Kier molecular flexibility index (Phi) is 7.63. The first kappa shape index (κ1) is 21.6. The number of nitrogens with zero attached hydrogens (tertiary/aromatic N) is 3. The Labute approximate surface area is 184 Å². The minimum Gasteiger partial charge on any atom is -0.494 e. The van der Waals surface area contributed by atoms with E-state index < -0.39 is 0 Å². The molecule has 0 spiro atoms. The quantitative estimate of drug-likeness (QED) is 0.520. The van der Waals surface area contributed by atoms with E-state index in [2.05, 4.69) is 50.4 Å². The number of anilines is 2. The maximum Gasteiger partial charge on any atom is 0.174 e. The van der Waals surface area contributed by atoms with Crippen molar-refractivity contribution in [3.63, 3.8) is 0 Å². The Morgan fingerprint density at radius 1 is 0.967 bits per heavy atom. The van der Waals surface area contributed by atoms with Crippen molar-refractivity contribution in [2.45, 2.75) is 20.0 Å². The maximum atomic E-state index is 5.76. The van der Waals surface area contributed by atoms with Crippen molar-refractivity contribution >= 4 is 28.7 Å². The summed E-state index contributed by atoms with van der Waals surface area (Å²) in [5, 5.41) is 4.02. The van der Waals surface area contributed by atoms with E-state index in [0.29, 0.717) is 24.8 Å². The van der Waals surface area contributed by atoms with Crippen molar-refractivity contribution in [2.24, 2.45) is 0 Å². The van der Waals surface area contributed by atoms with E-state index in [1.807, 2.05) is 57.5 Å². The lowest BCUT2D eigenvalue weighted by atomic mass is 10.1. The Balaban J connectivity index is 1.74. The molecule has 5 nitrogen and oxygen atoms in total. The van der Waals surface area contributed by atoms with Gasteiger partial charge in [0.25, 0.3) is 0 Å². The zero-order chi connectivity index (χ0) is 21.3. The summed E-state index contributed by atoms with van der Waals surface area (Å²) in [6.45, 7) is 4.00. The Morgan fingerprint density at radius 3 is 2.27 bits per heavy atom. The molecule has 1 heterocycles. The molecule has 2 aromatic carbocycles. The summed E-state index contributed by atoms with van der Waals surface area (Å²) in [6, 6.07) is 20.4. The molecule has 30 heavy (non-hydrogen) atoms. The molecule has 0 amide bonds. The topological polar surface area (TPSA) is 40.6 Å². The molecule has 0 aliphatic carbocycles. The number of rotatable bonds is 8. The number of aromatic nitrogens is 1. The highest BCUT2D eigenvalue weighted by molar-refractivity contribution is 7.80. The Bertz CT molecular complexity index is 928. The van der Waals surface area contributed by atoms with Gasteiger partial charge in [-0.25, -0.2) is 0 Å². The molecule has 156 valence electrons. The van der Waals surface area contributed by atoms with Gasteiger partial charge in [0.2, 0.25) is 0 Å². The average molecular weight is 421 g/mol. The summed E-state index contributed by atoms with van der Waals surface area (Å²) in [5.74, 6) is 0.849. The lowest BCUT2D eigenvalue weighted by Crippen LogP contribution is -2.33. The van der Waals surface area contributed by atoms with Gasteiger partial charge in [0.05, 0.1) is 6.61 Å². The van der Waals surface area contributed by atoms with Crippen molar-refractivity contribution < 1.29 is 4.74 Å². The summed E-state index contributed by atoms with van der Waals surface area (Å²) in [7, 11) is 4.08. The first-order chi connectivity index (χ1) is 14.5. The monoisotopic (exact) mass is 420 g/mol. The molecule has 0 radical (unpaired) electrons. The van der Waals surface area contributed by atoms with Gasteiger partial charge in [0, 0.05) is 51.0 Å². The largest absolute Gasteiger partial charge is 0.494 e. The minimum absolute atomic E-state index is 0.649. The van der Waals surface area contributed by atoms with Crippen molar-refractivity contribution in [2.75, 3.05) is 30.9 Å². The second kappa shape index (κ2) is 10.6. The van der Waals surface area contributed by atoms with Crippen LogP contribution >= 0.6 is 12.2 Å². The van der Waals surface area contributed by atoms with Crippen LogP contribution in [0.4, 0.5) is 11.4 Å². The zero-order valence-electron chi connectivity index (χ0n) is 17.7. The molecular formula is C24H28N4OS. The SMILES string of the molecule is CCOc1ccc(NC(=S)N(Cc2ccc(N(C)C)cc2)Cc2cccnc2)cc1. The summed E-state index contributed by atoms with van der Waals surface area (Å²) < 4.78 is 5.52. The molecule has 0 aliphatic heterocycles. The number of hydrogen-bond donors (Lipinski definition) is 1. The van der Waals surface area contributed by atoms with E-state index >= 15 is 0 Å². The lowest BCUT2D eigenvalue weighted by Gasteiger charge is -2.26. The fraction of sp³-hybridized carbons (Fsp3) is 0.250. The standard InChI is InChI=1S/C24H28N4OS/c1-4-29-23-13-9-21(10-14-23)26-24(30)28(18-20-6-5-15-25-16-20)17-19-7-11-22(12-8-19)27(2)3/h5-16H,4,17-18H2,1-3H3,(H,26,30). The van der Waals surface area contributed by atoms with Crippen molar-refractivity contribution in [1.82, 2.24) is 9.88 Å². The highest BCUT2D eigenvalue weighted by Gasteiger charge is 2.12. The lowest BCUT2D eigenvalue weighted by molar-refractivity contribution is 0.340. The fourth-order valence-electron chi connectivity index (χ4n) is 3.04. The number of thiocarbonyl (C=S) groups is 1. The third kappa shape index (κ3) is 6.19. The molecule has 0 unspecified atom stereocenters. The molecule has 1 aromatic heterocycles. The van der Waals surface area contributed by atoms with Gasteiger partial charge in [-0.3, -0.25) is 4.98 Å². The number of benzene rings is 2. The Hall–Kier alpha value is -3.12. The van der Waals surface area contributed by atoms with Gasteiger partial charge >= 0.3 is 0 Å². The smallest absolute Gasteiger partial charge is 0.174 e. The van der Waals surface area contributed by atoms with Gasteiger partial charge in [0.1, 0.15) is 5.75 Å². The first-order valence-electron chi connectivity index (χ1n) is 9.99. The minimum atomic E-state index is 0.649. The third-order valence-corrected chi connectivity index (χ3v) is 4.99. The second-order valence-electron chi connectivity index (χ2n) is 7.17. The van der Waals surface area contributed by atoms with Crippen LogP contribution in [-0.2, 0) is 13.1 Å². The first-order valence-corrected chi connectivity index (χ1v) is 10.4. The molecule has 3 aromatic rings. The van der Waals surface area contributed by atoms with E-state index in [0.717, 1.165) is 17.0 Å². The summed E-state index contributed by atoms with van der Waals surface area (Å²) in [4.78, 5) is 8.48. The zero-order valence-corrected chi connectivity index (χ0v) is 18.5. The summed E-state index contributed by atoms with van der Waals surface area (Å²) in [5.41, 5.74) is 4.41. The van der Waals surface area contributed by atoms with Crippen LogP contribution in [0.2, 0.25) is 0 Å². The van der Waals surface area contributed by atoms with Crippen molar-refractivity contribution in [1.29, 1.82) is 0 Å². The highest BCUT2D eigenvalue weighted by Crippen LogP contribution is 2.19. The molecule has 0 fully saturated rings. The molecule has 0 bridgehead atoms. The van der Waals surface area contributed by atoms with E-state index in [9.17, 15) is 0 Å². The summed E-state index contributed by atoms with van der Waals surface area (Å²) in [6.07, 6.45) is 3.66. The number of nitrogens with one attached hydrogen (secondary N) is 1. The van der Waals surface area contributed by atoms with E-state index in [1.54, 1.807) is 6.20 Å². The Morgan fingerprint density at radius 2 is 1.67 bits per heavy atom. The van der Waals surface area contributed by atoms with E-state index in [4.69, 9.17) is 17.0 Å².